The number of fused-ring (bicyclic) bond motifs is 1. The van der Waals surface area contributed by atoms with Crippen molar-refractivity contribution in [3.8, 4) is 6.07 Å². The number of nitrogens with one attached hydrogen (secondary N) is 1. The summed E-state index contributed by atoms with van der Waals surface area (Å²) >= 11 is 1.59. The highest BCUT2D eigenvalue weighted by atomic mass is 32.1. The maximum Gasteiger partial charge on any atom is 0.226 e. The lowest BCUT2D eigenvalue weighted by molar-refractivity contribution is -0.116. The normalized spacial score (nSPS) is 13.6. The molecule has 132 valence electrons. The highest BCUT2D eigenvalue weighted by molar-refractivity contribution is 7.16. The van der Waals surface area contributed by atoms with Crippen molar-refractivity contribution in [1.82, 2.24) is 4.90 Å². The molecule has 1 heterocycles. The zero-order valence-corrected chi connectivity index (χ0v) is 16.1. The average Bonchev–Trinajstić information content (AvgIpc) is 3.03. The first-order valence-electron chi connectivity index (χ1n) is 8.97. The van der Waals surface area contributed by atoms with Gasteiger partial charge in [0, 0.05) is 30.9 Å². The summed E-state index contributed by atoms with van der Waals surface area (Å²) in [5.41, 5.74) is 1.86. The Kier molecular flexibility index (Phi) is 6.82. The van der Waals surface area contributed by atoms with Gasteiger partial charge in [-0.2, -0.15) is 5.26 Å². The molecule has 0 spiro atoms. The van der Waals surface area contributed by atoms with Crippen molar-refractivity contribution in [2.45, 2.75) is 53.4 Å². The molecule has 4 nitrogen and oxygen atoms in total. The molecule has 0 saturated heterocycles. The van der Waals surface area contributed by atoms with E-state index in [-0.39, 0.29) is 5.91 Å². The fraction of sp³-hybridized carbons (Fsp3) is 0.684. The van der Waals surface area contributed by atoms with Gasteiger partial charge in [0.1, 0.15) is 11.1 Å². The second-order valence-corrected chi connectivity index (χ2v) is 8.62. The number of thiophene rings is 1. The molecule has 5 heteroatoms. The molecule has 0 aromatic carbocycles. The fourth-order valence-corrected chi connectivity index (χ4v) is 4.61. The van der Waals surface area contributed by atoms with Crippen LogP contribution in [0.25, 0.3) is 0 Å². The molecule has 1 aliphatic carbocycles. The third kappa shape index (κ3) is 5.06. The Bertz CT molecular complexity index is 603. The Labute approximate surface area is 149 Å². The van der Waals surface area contributed by atoms with Crippen LogP contribution in [0.5, 0.6) is 0 Å². The Morgan fingerprint density at radius 3 is 2.50 bits per heavy atom. The van der Waals surface area contributed by atoms with Gasteiger partial charge in [0.25, 0.3) is 0 Å². The minimum Gasteiger partial charge on any atom is -0.317 e. The number of hydrogen-bond acceptors (Lipinski definition) is 4. The standard InChI is InChI=1S/C19H29N3OS/c1-13(2)11-22(12-14(3)4)9-8-18(23)21-19-16(10-20)15-6-5-7-17(15)24-19/h13-14H,5-9,11-12H2,1-4H3,(H,21,23). The Balaban J connectivity index is 1.92. The van der Waals surface area contributed by atoms with Crippen molar-refractivity contribution in [1.29, 1.82) is 5.26 Å². The van der Waals surface area contributed by atoms with Crippen LogP contribution < -0.4 is 5.32 Å². The van der Waals surface area contributed by atoms with Crippen LogP contribution in [0, 0.1) is 23.2 Å². The van der Waals surface area contributed by atoms with Gasteiger partial charge >= 0.3 is 0 Å². The van der Waals surface area contributed by atoms with Gasteiger partial charge in [-0.3, -0.25) is 4.79 Å². The molecule has 24 heavy (non-hydrogen) atoms. The van der Waals surface area contributed by atoms with E-state index in [0.29, 0.717) is 23.8 Å². The Morgan fingerprint density at radius 2 is 1.92 bits per heavy atom. The molecule has 1 aromatic heterocycles. The van der Waals surface area contributed by atoms with E-state index < -0.39 is 0 Å². The van der Waals surface area contributed by atoms with Crippen LogP contribution in [0.3, 0.4) is 0 Å². The van der Waals surface area contributed by atoms with E-state index >= 15 is 0 Å². The summed E-state index contributed by atoms with van der Waals surface area (Å²) in [4.78, 5) is 16.0. The van der Waals surface area contributed by atoms with Gasteiger partial charge in [-0.1, -0.05) is 27.7 Å². The van der Waals surface area contributed by atoms with Crippen LogP contribution in [0.2, 0.25) is 0 Å². The van der Waals surface area contributed by atoms with Gasteiger partial charge in [0.2, 0.25) is 5.91 Å². The van der Waals surface area contributed by atoms with Crippen molar-refractivity contribution in [2.75, 3.05) is 25.0 Å². The van der Waals surface area contributed by atoms with Crippen LogP contribution in [0.1, 0.15) is 56.5 Å². The minimum atomic E-state index is 0.0175. The molecule has 0 unspecified atom stereocenters. The molecule has 1 N–H and O–H groups in total. The lowest BCUT2D eigenvalue weighted by Gasteiger charge is -2.25. The van der Waals surface area contributed by atoms with Crippen LogP contribution in [0.4, 0.5) is 5.00 Å². The summed E-state index contributed by atoms with van der Waals surface area (Å²) in [7, 11) is 0. The van der Waals surface area contributed by atoms with Crippen molar-refractivity contribution in [2.24, 2.45) is 11.8 Å². The number of nitriles is 1. The summed E-state index contributed by atoms with van der Waals surface area (Å²) in [5, 5.41) is 13.1. The molecule has 1 aromatic rings. The maximum atomic E-state index is 12.3. The number of hydrogen-bond donors (Lipinski definition) is 1. The quantitative estimate of drug-likeness (QED) is 0.772. The van der Waals surface area contributed by atoms with Gasteiger partial charge in [-0.05, 0) is 36.7 Å². The number of amides is 1. The van der Waals surface area contributed by atoms with E-state index in [9.17, 15) is 10.1 Å². The van der Waals surface area contributed by atoms with Crippen LogP contribution in [0.15, 0.2) is 0 Å². The van der Waals surface area contributed by atoms with Crippen LogP contribution in [-0.4, -0.2) is 30.4 Å². The first kappa shape index (κ1) is 19.0. The predicted molar refractivity (Wildman–Crippen MR) is 100 cm³/mol. The second kappa shape index (κ2) is 8.64. The molecule has 0 fully saturated rings. The van der Waals surface area contributed by atoms with E-state index in [0.717, 1.165) is 43.9 Å². The molecule has 0 saturated carbocycles. The predicted octanol–water partition coefficient (Wildman–Crippen LogP) is 4.05. The van der Waals surface area contributed by atoms with Crippen molar-refractivity contribution < 1.29 is 4.79 Å². The number of rotatable bonds is 8. The van der Waals surface area contributed by atoms with Gasteiger partial charge in [-0.15, -0.1) is 11.3 Å². The average molecular weight is 348 g/mol. The SMILES string of the molecule is CC(C)CN(CCC(=O)Nc1sc2c(c1C#N)CCC2)CC(C)C. The summed E-state index contributed by atoms with van der Waals surface area (Å²) in [6.45, 7) is 11.6. The maximum absolute atomic E-state index is 12.3. The summed E-state index contributed by atoms with van der Waals surface area (Å²) in [5.74, 6) is 1.21. The lowest BCUT2D eigenvalue weighted by atomic mass is 10.1. The first-order chi connectivity index (χ1) is 11.4. The highest BCUT2D eigenvalue weighted by Gasteiger charge is 2.23. The number of carbonyl (C=O) groups excluding carboxylic acids is 1. The van der Waals surface area contributed by atoms with Gasteiger partial charge in [-0.25, -0.2) is 0 Å². The zero-order valence-electron chi connectivity index (χ0n) is 15.3. The van der Waals surface area contributed by atoms with Crippen molar-refractivity contribution in [3.63, 3.8) is 0 Å². The fourth-order valence-electron chi connectivity index (χ4n) is 3.35. The molecule has 0 atom stereocenters. The number of aryl methyl sites for hydroxylation is 1. The molecule has 0 radical (unpaired) electrons. The Morgan fingerprint density at radius 1 is 1.25 bits per heavy atom. The highest BCUT2D eigenvalue weighted by Crippen LogP contribution is 2.38. The largest absolute Gasteiger partial charge is 0.317 e. The first-order valence-corrected chi connectivity index (χ1v) is 9.79. The van der Waals surface area contributed by atoms with Crippen LogP contribution in [-0.2, 0) is 17.6 Å². The Hall–Kier alpha value is -1.38. The zero-order chi connectivity index (χ0) is 17.7. The van der Waals surface area contributed by atoms with Crippen molar-refractivity contribution >= 4 is 22.2 Å². The van der Waals surface area contributed by atoms with E-state index in [1.165, 1.54) is 10.4 Å². The molecular weight excluding hydrogens is 318 g/mol. The summed E-state index contributed by atoms with van der Waals surface area (Å²) in [6.07, 6.45) is 3.62. The lowest BCUT2D eigenvalue weighted by Crippen LogP contribution is -2.34. The summed E-state index contributed by atoms with van der Waals surface area (Å²) < 4.78 is 0. The molecular formula is C19H29N3OS. The summed E-state index contributed by atoms with van der Waals surface area (Å²) in [6, 6.07) is 2.28. The minimum absolute atomic E-state index is 0.0175. The monoisotopic (exact) mass is 347 g/mol. The van der Waals surface area contributed by atoms with Crippen LogP contribution >= 0.6 is 11.3 Å². The van der Waals surface area contributed by atoms with E-state index in [1.807, 2.05) is 0 Å². The van der Waals surface area contributed by atoms with Gasteiger partial charge < -0.3 is 10.2 Å². The molecule has 1 aliphatic rings. The molecule has 0 bridgehead atoms. The van der Waals surface area contributed by atoms with E-state index in [1.54, 1.807) is 11.3 Å². The molecule has 1 amide bonds. The second-order valence-electron chi connectivity index (χ2n) is 7.52. The van der Waals surface area contributed by atoms with E-state index in [2.05, 4.69) is 44.0 Å². The van der Waals surface area contributed by atoms with E-state index in [4.69, 9.17) is 0 Å². The topological polar surface area (TPSA) is 56.1 Å². The number of nitrogens with zero attached hydrogens (tertiary/aromatic N) is 2. The smallest absolute Gasteiger partial charge is 0.226 e. The molecule has 2 rings (SSSR count). The third-order valence-electron chi connectivity index (χ3n) is 4.19. The number of anilines is 1. The number of carbonyl (C=O) groups is 1. The van der Waals surface area contributed by atoms with Crippen molar-refractivity contribution in [3.05, 3.63) is 16.0 Å². The van der Waals surface area contributed by atoms with Gasteiger partial charge in [0.15, 0.2) is 0 Å². The molecule has 0 aliphatic heterocycles. The van der Waals surface area contributed by atoms with Gasteiger partial charge in [0.05, 0.1) is 5.56 Å². The third-order valence-corrected chi connectivity index (χ3v) is 5.40.